The van der Waals surface area contributed by atoms with Crippen LogP contribution in [0.3, 0.4) is 0 Å². The second-order valence-electron chi connectivity index (χ2n) is 6.07. The van der Waals surface area contributed by atoms with Gasteiger partial charge in [0.15, 0.2) is 0 Å². The van der Waals surface area contributed by atoms with Crippen molar-refractivity contribution in [1.82, 2.24) is 5.32 Å². The van der Waals surface area contributed by atoms with E-state index in [-0.39, 0.29) is 11.5 Å². The first-order valence-electron chi connectivity index (χ1n) is 7.48. The van der Waals surface area contributed by atoms with Crippen LogP contribution < -0.4 is 14.8 Å². The van der Waals surface area contributed by atoms with Gasteiger partial charge in [0.2, 0.25) is 0 Å². The van der Waals surface area contributed by atoms with Crippen LogP contribution in [-0.4, -0.2) is 26.3 Å². The van der Waals surface area contributed by atoms with Crippen LogP contribution in [-0.2, 0) is 5.41 Å². The van der Waals surface area contributed by atoms with Gasteiger partial charge >= 0.3 is 0 Å². The summed E-state index contributed by atoms with van der Waals surface area (Å²) in [6, 6.07) is 6.06. The maximum atomic E-state index is 6.20. The van der Waals surface area contributed by atoms with Gasteiger partial charge in [-0.1, -0.05) is 34.6 Å². The highest BCUT2D eigenvalue weighted by molar-refractivity contribution is 5.44. The highest BCUT2D eigenvalue weighted by Crippen LogP contribution is 2.35. The molecule has 0 saturated heterocycles. The monoisotopic (exact) mass is 279 g/mol. The van der Waals surface area contributed by atoms with Crippen molar-refractivity contribution in [2.75, 3.05) is 20.2 Å². The van der Waals surface area contributed by atoms with Crippen molar-refractivity contribution in [3.8, 4) is 11.5 Å². The molecule has 0 fully saturated rings. The topological polar surface area (TPSA) is 30.5 Å². The molecule has 0 aromatic heterocycles. The van der Waals surface area contributed by atoms with Crippen LogP contribution in [0.15, 0.2) is 18.2 Å². The van der Waals surface area contributed by atoms with Crippen LogP contribution >= 0.6 is 0 Å². The minimum atomic E-state index is 0.0281. The Kier molecular flexibility index (Phi) is 6.34. The van der Waals surface area contributed by atoms with Crippen molar-refractivity contribution in [2.24, 2.45) is 0 Å². The van der Waals surface area contributed by atoms with Crippen LogP contribution in [0, 0.1) is 0 Å². The normalized spacial score (nSPS) is 13.1. The minimum absolute atomic E-state index is 0.0281. The highest BCUT2D eigenvalue weighted by atomic mass is 16.5. The summed E-state index contributed by atoms with van der Waals surface area (Å²) >= 11 is 0. The molecule has 1 N–H and O–H groups in total. The smallest absolute Gasteiger partial charge is 0.123 e. The molecular weight excluding hydrogens is 250 g/mol. The number of rotatable bonds is 7. The van der Waals surface area contributed by atoms with Crippen LogP contribution in [0.4, 0.5) is 0 Å². The van der Waals surface area contributed by atoms with Crippen molar-refractivity contribution < 1.29 is 9.47 Å². The molecule has 0 bridgehead atoms. The molecule has 0 heterocycles. The Morgan fingerprint density at radius 2 is 1.90 bits per heavy atom. The first-order valence-corrected chi connectivity index (χ1v) is 7.48. The van der Waals surface area contributed by atoms with Crippen LogP contribution in [0.5, 0.6) is 11.5 Å². The molecule has 1 aromatic carbocycles. The summed E-state index contributed by atoms with van der Waals surface area (Å²) in [6.07, 6.45) is 1.19. The van der Waals surface area contributed by atoms with E-state index < -0.39 is 0 Å². The number of hydrogen-bond donors (Lipinski definition) is 1. The number of hydrogen-bond acceptors (Lipinski definition) is 3. The van der Waals surface area contributed by atoms with E-state index in [0.717, 1.165) is 31.0 Å². The fourth-order valence-electron chi connectivity index (χ4n) is 2.08. The largest absolute Gasteiger partial charge is 0.497 e. The zero-order valence-corrected chi connectivity index (χ0v) is 13.7. The minimum Gasteiger partial charge on any atom is -0.497 e. The van der Waals surface area contributed by atoms with Crippen molar-refractivity contribution in [3.63, 3.8) is 0 Å². The molecule has 0 aliphatic rings. The van der Waals surface area contributed by atoms with E-state index in [1.165, 1.54) is 5.56 Å². The molecule has 1 aromatic rings. The van der Waals surface area contributed by atoms with Gasteiger partial charge in [0.1, 0.15) is 17.6 Å². The maximum Gasteiger partial charge on any atom is 0.123 e. The molecule has 0 aliphatic carbocycles. The van der Waals surface area contributed by atoms with Crippen LogP contribution in [0.2, 0.25) is 0 Å². The standard InChI is InChI=1S/C17H29NO2/c1-7-13(12-18-8-2)20-16-10-9-14(19-6)11-15(16)17(3,4)5/h9-11,13,18H,7-8,12H2,1-6H3. The number of nitrogens with one attached hydrogen (secondary N) is 1. The van der Waals surface area contributed by atoms with Gasteiger partial charge in [0.25, 0.3) is 0 Å². The number of methoxy groups -OCH3 is 1. The van der Waals surface area contributed by atoms with E-state index in [1.54, 1.807) is 7.11 Å². The van der Waals surface area contributed by atoms with Gasteiger partial charge in [-0.3, -0.25) is 0 Å². The predicted octanol–water partition coefficient (Wildman–Crippen LogP) is 3.76. The van der Waals surface area contributed by atoms with E-state index >= 15 is 0 Å². The molecule has 1 atom stereocenters. The predicted molar refractivity (Wildman–Crippen MR) is 84.9 cm³/mol. The molecule has 3 heteroatoms. The second kappa shape index (κ2) is 7.53. The quantitative estimate of drug-likeness (QED) is 0.824. The van der Waals surface area contributed by atoms with E-state index in [9.17, 15) is 0 Å². The number of likely N-dealkylation sites (N-methyl/N-ethyl adjacent to an activating group) is 1. The Labute approximate surface area is 123 Å². The summed E-state index contributed by atoms with van der Waals surface area (Å²) in [5.41, 5.74) is 1.21. The van der Waals surface area contributed by atoms with Gasteiger partial charge in [0.05, 0.1) is 7.11 Å². The van der Waals surface area contributed by atoms with Crippen molar-refractivity contribution >= 4 is 0 Å². The number of ether oxygens (including phenoxy) is 2. The van der Waals surface area contributed by atoms with Crippen LogP contribution in [0.25, 0.3) is 0 Å². The zero-order valence-electron chi connectivity index (χ0n) is 13.7. The zero-order chi connectivity index (χ0) is 15.2. The molecule has 1 rings (SSSR count). The summed E-state index contributed by atoms with van der Waals surface area (Å²) in [6.45, 7) is 12.7. The lowest BCUT2D eigenvalue weighted by molar-refractivity contribution is 0.190. The van der Waals surface area contributed by atoms with E-state index in [4.69, 9.17) is 9.47 Å². The Morgan fingerprint density at radius 3 is 2.40 bits per heavy atom. The Balaban J connectivity index is 2.98. The molecule has 114 valence electrons. The first kappa shape index (κ1) is 16.8. The van der Waals surface area contributed by atoms with Gasteiger partial charge in [-0.05, 0) is 36.6 Å². The highest BCUT2D eigenvalue weighted by Gasteiger charge is 2.21. The average molecular weight is 279 g/mol. The molecule has 0 spiro atoms. The lowest BCUT2D eigenvalue weighted by Crippen LogP contribution is -2.31. The van der Waals surface area contributed by atoms with Crippen molar-refractivity contribution in [3.05, 3.63) is 23.8 Å². The lowest BCUT2D eigenvalue weighted by atomic mass is 9.86. The van der Waals surface area contributed by atoms with Crippen molar-refractivity contribution in [1.29, 1.82) is 0 Å². The van der Waals surface area contributed by atoms with Crippen LogP contribution in [0.1, 0.15) is 46.6 Å². The molecule has 0 radical (unpaired) electrons. The van der Waals surface area contributed by atoms with E-state index in [2.05, 4.69) is 46.0 Å². The van der Waals surface area contributed by atoms with Gasteiger partial charge < -0.3 is 14.8 Å². The molecule has 3 nitrogen and oxygen atoms in total. The van der Waals surface area contributed by atoms with Gasteiger partial charge in [-0.25, -0.2) is 0 Å². The molecule has 20 heavy (non-hydrogen) atoms. The molecule has 0 amide bonds. The fourth-order valence-corrected chi connectivity index (χ4v) is 2.08. The Morgan fingerprint density at radius 1 is 1.20 bits per heavy atom. The third-order valence-corrected chi connectivity index (χ3v) is 3.37. The fraction of sp³-hybridized carbons (Fsp3) is 0.647. The lowest BCUT2D eigenvalue weighted by Gasteiger charge is -2.26. The summed E-state index contributed by atoms with van der Waals surface area (Å²) in [7, 11) is 1.70. The molecule has 1 unspecified atom stereocenters. The Bertz CT molecular complexity index is 410. The molecular formula is C17H29NO2. The average Bonchev–Trinajstić information content (AvgIpc) is 2.42. The Hall–Kier alpha value is -1.22. The third-order valence-electron chi connectivity index (χ3n) is 3.37. The third kappa shape index (κ3) is 4.71. The first-order chi connectivity index (χ1) is 9.42. The second-order valence-corrected chi connectivity index (χ2v) is 6.07. The van der Waals surface area contributed by atoms with Gasteiger partial charge in [0, 0.05) is 12.1 Å². The summed E-state index contributed by atoms with van der Waals surface area (Å²) in [4.78, 5) is 0. The summed E-state index contributed by atoms with van der Waals surface area (Å²) in [5.74, 6) is 1.84. The summed E-state index contributed by atoms with van der Waals surface area (Å²) < 4.78 is 11.5. The van der Waals surface area contributed by atoms with Gasteiger partial charge in [-0.2, -0.15) is 0 Å². The summed E-state index contributed by atoms with van der Waals surface area (Å²) in [5, 5.41) is 3.35. The van der Waals surface area contributed by atoms with E-state index in [1.807, 2.05) is 12.1 Å². The number of benzene rings is 1. The van der Waals surface area contributed by atoms with Gasteiger partial charge in [-0.15, -0.1) is 0 Å². The maximum absolute atomic E-state index is 6.20. The SMILES string of the molecule is CCNCC(CC)Oc1ccc(OC)cc1C(C)(C)C. The van der Waals surface area contributed by atoms with E-state index in [0.29, 0.717) is 0 Å². The molecule has 0 saturated carbocycles. The molecule has 0 aliphatic heterocycles. The van der Waals surface area contributed by atoms with Crippen molar-refractivity contribution in [2.45, 2.75) is 52.6 Å².